The van der Waals surface area contributed by atoms with Crippen LogP contribution in [0.15, 0.2) is 23.1 Å². The van der Waals surface area contributed by atoms with Gasteiger partial charge in [-0.05, 0) is 50.5 Å². The van der Waals surface area contributed by atoms with Gasteiger partial charge in [0.25, 0.3) is 0 Å². The van der Waals surface area contributed by atoms with Crippen LogP contribution in [0.4, 0.5) is 0 Å². The van der Waals surface area contributed by atoms with Crippen molar-refractivity contribution in [1.82, 2.24) is 4.72 Å². The fourth-order valence-electron chi connectivity index (χ4n) is 1.53. The van der Waals surface area contributed by atoms with Gasteiger partial charge in [-0.3, -0.25) is 0 Å². The molecule has 0 aliphatic rings. The molecule has 0 unspecified atom stereocenters. The maximum Gasteiger partial charge on any atom is 0.240 e. The maximum absolute atomic E-state index is 12.1. The zero-order valence-corrected chi connectivity index (χ0v) is 13.0. The molecule has 0 saturated heterocycles. The number of hydrogen-bond donors (Lipinski definition) is 1. The third kappa shape index (κ3) is 4.84. The van der Waals surface area contributed by atoms with E-state index in [1.54, 1.807) is 18.2 Å². The van der Waals surface area contributed by atoms with Crippen molar-refractivity contribution in [3.8, 4) is 5.75 Å². The summed E-state index contributed by atoms with van der Waals surface area (Å²) in [6.07, 6.45) is 0.0697. The number of hydrogen-bond acceptors (Lipinski definition) is 3. The molecular formula is C14H23NO3S. The molecule has 0 aliphatic carbocycles. The number of aryl methyl sites for hydroxylation is 1. The minimum absolute atomic E-state index is 0.0697. The van der Waals surface area contributed by atoms with Gasteiger partial charge >= 0.3 is 0 Å². The van der Waals surface area contributed by atoms with E-state index in [1.807, 2.05) is 34.6 Å². The van der Waals surface area contributed by atoms with E-state index in [1.165, 1.54) is 0 Å². The second-order valence-corrected chi connectivity index (χ2v) is 7.11. The number of rotatable bonds is 6. The minimum Gasteiger partial charge on any atom is -0.491 e. The van der Waals surface area contributed by atoms with E-state index in [0.717, 1.165) is 11.3 Å². The summed E-state index contributed by atoms with van der Waals surface area (Å²) in [6, 6.07) is 4.92. The highest BCUT2D eigenvalue weighted by molar-refractivity contribution is 7.89. The van der Waals surface area contributed by atoms with E-state index >= 15 is 0 Å². The molecule has 19 heavy (non-hydrogen) atoms. The van der Waals surface area contributed by atoms with Crippen LogP contribution in [0.2, 0.25) is 0 Å². The van der Waals surface area contributed by atoms with Gasteiger partial charge in [0.1, 0.15) is 5.75 Å². The van der Waals surface area contributed by atoms with Crippen molar-refractivity contribution in [1.29, 1.82) is 0 Å². The zero-order valence-electron chi connectivity index (χ0n) is 12.2. The van der Waals surface area contributed by atoms with E-state index < -0.39 is 10.0 Å². The Balaban J connectivity index is 2.94. The van der Waals surface area contributed by atoms with E-state index in [-0.39, 0.29) is 16.9 Å². The number of nitrogens with one attached hydrogen (secondary N) is 1. The van der Waals surface area contributed by atoms with Gasteiger partial charge < -0.3 is 4.74 Å². The summed E-state index contributed by atoms with van der Waals surface area (Å²) in [5.41, 5.74) is 0.820. The van der Waals surface area contributed by atoms with Crippen molar-refractivity contribution < 1.29 is 13.2 Å². The van der Waals surface area contributed by atoms with Crippen molar-refractivity contribution in [3.05, 3.63) is 23.8 Å². The van der Waals surface area contributed by atoms with Crippen LogP contribution in [0.3, 0.4) is 0 Å². The Morgan fingerprint density at radius 3 is 2.32 bits per heavy atom. The normalized spacial score (nSPS) is 12.2. The molecule has 1 rings (SSSR count). The topological polar surface area (TPSA) is 55.4 Å². The van der Waals surface area contributed by atoms with Crippen LogP contribution in [-0.2, 0) is 10.0 Å². The SMILES string of the molecule is Cc1cc(S(=O)(=O)NCC(C)C)ccc1OC(C)C. The molecule has 0 aromatic heterocycles. The van der Waals surface area contributed by atoms with Gasteiger partial charge in [0.2, 0.25) is 10.0 Å². The first kappa shape index (κ1) is 16.0. The lowest BCUT2D eigenvalue weighted by molar-refractivity contribution is 0.240. The largest absolute Gasteiger partial charge is 0.491 e. The number of benzene rings is 1. The van der Waals surface area contributed by atoms with Gasteiger partial charge in [-0.25, -0.2) is 13.1 Å². The average molecular weight is 285 g/mol. The van der Waals surface area contributed by atoms with Crippen LogP contribution in [0, 0.1) is 12.8 Å². The highest BCUT2D eigenvalue weighted by atomic mass is 32.2. The molecule has 5 heteroatoms. The van der Waals surface area contributed by atoms with Crippen molar-refractivity contribution in [2.75, 3.05) is 6.54 Å². The second kappa shape index (κ2) is 6.39. The first-order chi connectivity index (χ1) is 8.72. The quantitative estimate of drug-likeness (QED) is 0.874. The monoisotopic (exact) mass is 285 g/mol. The Bertz CT molecular complexity index is 521. The van der Waals surface area contributed by atoms with Gasteiger partial charge in [0, 0.05) is 6.54 Å². The summed E-state index contributed by atoms with van der Waals surface area (Å²) < 4.78 is 32.3. The highest BCUT2D eigenvalue weighted by Gasteiger charge is 2.15. The van der Waals surface area contributed by atoms with E-state index in [2.05, 4.69) is 4.72 Å². The van der Waals surface area contributed by atoms with E-state index in [4.69, 9.17) is 4.74 Å². The third-order valence-corrected chi connectivity index (χ3v) is 3.92. The molecule has 0 amide bonds. The van der Waals surface area contributed by atoms with Crippen LogP contribution in [0.1, 0.15) is 33.3 Å². The van der Waals surface area contributed by atoms with Crippen molar-refractivity contribution in [2.45, 2.75) is 45.6 Å². The molecule has 0 heterocycles. The lowest BCUT2D eigenvalue weighted by atomic mass is 10.2. The van der Waals surface area contributed by atoms with Crippen LogP contribution in [-0.4, -0.2) is 21.1 Å². The van der Waals surface area contributed by atoms with Crippen LogP contribution >= 0.6 is 0 Å². The first-order valence-electron chi connectivity index (χ1n) is 6.49. The van der Waals surface area contributed by atoms with Gasteiger partial charge in [-0.2, -0.15) is 0 Å². The van der Waals surface area contributed by atoms with Gasteiger partial charge in [0.05, 0.1) is 11.0 Å². The van der Waals surface area contributed by atoms with Crippen LogP contribution in [0.5, 0.6) is 5.75 Å². The van der Waals surface area contributed by atoms with Gasteiger partial charge in [0.15, 0.2) is 0 Å². The molecule has 108 valence electrons. The van der Waals surface area contributed by atoms with Crippen molar-refractivity contribution in [2.24, 2.45) is 5.92 Å². The summed E-state index contributed by atoms with van der Waals surface area (Å²) >= 11 is 0. The summed E-state index contributed by atoms with van der Waals surface area (Å²) in [5, 5.41) is 0. The fraction of sp³-hybridized carbons (Fsp3) is 0.571. The van der Waals surface area contributed by atoms with Crippen molar-refractivity contribution >= 4 is 10.0 Å². The highest BCUT2D eigenvalue weighted by Crippen LogP contribution is 2.22. The average Bonchev–Trinajstić information content (AvgIpc) is 2.28. The third-order valence-electron chi connectivity index (χ3n) is 2.50. The Morgan fingerprint density at radius 2 is 1.84 bits per heavy atom. The van der Waals surface area contributed by atoms with Gasteiger partial charge in [-0.1, -0.05) is 13.8 Å². The lowest BCUT2D eigenvalue weighted by Crippen LogP contribution is -2.27. The molecule has 0 fully saturated rings. The number of sulfonamides is 1. The predicted molar refractivity (Wildman–Crippen MR) is 77.0 cm³/mol. The zero-order chi connectivity index (χ0) is 14.6. The Labute approximate surface area is 116 Å². The molecule has 0 saturated carbocycles. The van der Waals surface area contributed by atoms with Crippen LogP contribution in [0.25, 0.3) is 0 Å². The summed E-state index contributed by atoms with van der Waals surface area (Å²) in [5.74, 6) is 0.997. The molecule has 0 atom stereocenters. The van der Waals surface area contributed by atoms with E-state index in [9.17, 15) is 8.42 Å². The summed E-state index contributed by atoms with van der Waals surface area (Å²) in [7, 11) is -3.43. The smallest absolute Gasteiger partial charge is 0.240 e. The fourth-order valence-corrected chi connectivity index (χ4v) is 2.83. The lowest BCUT2D eigenvalue weighted by Gasteiger charge is -2.14. The molecular weight excluding hydrogens is 262 g/mol. The minimum atomic E-state index is -3.43. The maximum atomic E-state index is 12.1. The molecule has 0 bridgehead atoms. The van der Waals surface area contributed by atoms with Gasteiger partial charge in [-0.15, -0.1) is 0 Å². The van der Waals surface area contributed by atoms with E-state index in [0.29, 0.717) is 6.54 Å². The molecule has 4 nitrogen and oxygen atoms in total. The summed E-state index contributed by atoms with van der Waals surface area (Å²) in [6.45, 7) is 10.1. The van der Waals surface area contributed by atoms with Crippen molar-refractivity contribution in [3.63, 3.8) is 0 Å². The molecule has 1 aromatic rings. The molecule has 0 aliphatic heterocycles. The molecule has 1 N–H and O–H groups in total. The predicted octanol–water partition coefficient (Wildman–Crippen LogP) is 2.72. The second-order valence-electron chi connectivity index (χ2n) is 5.34. The molecule has 0 spiro atoms. The first-order valence-corrected chi connectivity index (χ1v) is 7.97. The standard InChI is InChI=1S/C14H23NO3S/c1-10(2)9-15-19(16,17)13-6-7-14(12(5)8-13)18-11(3)4/h6-8,10-11,15H,9H2,1-5H3. The Morgan fingerprint density at radius 1 is 1.21 bits per heavy atom. The molecule has 1 aromatic carbocycles. The molecule has 0 radical (unpaired) electrons. The number of ether oxygens (including phenoxy) is 1. The summed E-state index contributed by atoms with van der Waals surface area (Å²) in [4.78, 5) is 0.279. The Hall–Kier alpha value is -1.07. The van der Waals surface area contributed by atoms with Crippen LogP contribution < -0.4 is 9.46 Å². The Kier molecular flexibility index (Phi) is 5.38.